The molecule has 0 spiro atoms. The summed E-state index contributed by atoms with van der Waals surface area (Å²) in [6.45, 7) is 1.80. The number of hydrogen-bond acceptors (Lipinski definition) is 2. The molecule has 1 heterocycles. The number of alkyl halides is 3. The third-order valence-electron chi connectivity index (χ3n) is 2.62. The van der Waals surface area contributed by atoms with Crippen molar-refractivity contribution in [3.63, 3.8) is 0 Å². The first-order valence-corrected chi connectivity index (χ1v) is 5.29. The summed E-state index contributed by atoms with van der Waals surface area (Å²) in [5, 5.41) is 0. The molecule has 0 atom stereocenters. The van der Waals surface area contributed by atoms with Crippen molar-refractivity contribution in [2.45, 2.75) is 13.1 Å². The lowest BCUT2D eigenvalue weighted by Gasteiger charge is -2.11. The number of pyridine rings is 1. The summed E-state index contributed by atoms with van der Waals surface area (Å²) in [6.07, 6.45) is -4.47. The summed E-state index contributed by atoms with van der Waals surface area (Å²) in [4.78, 5) is 3.62. The number of aryl methyl sites for hydroxylation is 1. The van der Waals surface area contributed by atoms with Crippen molar-refractivity contribution in [3.8, 4) is 11.3 Å². The molecule has 0 aliphatic heterocycles. The van der Waals surface area contributed by atoms with E-state index in [1.54, 1.807) is 25.1 Å². The highest BCUT2D eigenvalue weighted by Crippen LogP contribution is 2.33. The van der Waals surface area contributed by atoms with Crippen molar-refractivity contribution in [1.29, 1.82) is 0 Å². The number of anilines is 1. The van der Waals surface area contributed by atoms with Crippen LogP contribution in [0.4, 0.5) is 18.9 Å². The van der Waals surface area contributed by atoms with E-state index in [-0.39, 0.29) is 11.4 Å². The molecule has 0 saturated heterocycles. The SMILES string of the molecule is Cc1ccccc1-c1nc(C(F)(F)F)ccc1N. The Hall–Kier alpha value is -2.04. The van der Waals surface area contributed by atoms with Crippen molar-refractivity contribution in [3.05, 3.63) is 47.7 Å². The Morgan fingerprint density at radius 3 is 2.33 bits per heavy atom. The number of hydrogen-bond donors (Lipinski definition) is 1. The van der Waals surface area contributed by atoms with Crippen LogP contribution >= 0.6 is 0 Å². The molecule has 2 aromatic rings. The zero-order chi connectivity index (χ0) is 13.3. The molecule has 2 nitrogen and oxygen atoms in total. The number of aromatic nitrogens is 1. The average molecular weight is 252 g/mol. The molecule has 0 aliphatic carbocycles. The van der Waals surface area contributed by atoms with E-state index in [2.05, 4.69) is 4.98 Å². The minimum atomic E-state index is -4.47. The molecule has 2 rings (SSSR count). The van der Waals surface area contributed by atoms with E-state index in [9.17, 15) is 13.2 Å². The fraction of sp³-hybridized carbons (Fsp3) is 0.154. The first kappa shape index (κ1) is 12.4. The Morgan fingerprint density at radius 2 is 1.72 bits per heavy atom. The standard InChI is InChI=1S/C13H11F3N2/c1-8-4-2-3-5-9(8)12-10(17)6-7-11(18-12)13(14,15)16/h2-7H,17H2,1H3. The number of nitrogen functional groups attached to an aromatic ring is 1. The van der Waals surface area contributed by atoms with Crippen LogP contribution in [0.2, 0.25) is 0 Å². The van der Waals surface area contributed by atoms with Gasteiger partial charge in [0.1, 0.15) is 5.69 Å². The van der Waals surface area contributed by atoms with Crippen molar-refractivity contribution in [2.24, 2.45) is 0 Å². The molecule has 1 aromatic carbocycles. The molecular weight excluding hydrogens is 241 g/mol. The maximum absolute atomic E-state index is 12.6. The lowest BCUT2D eigenvalue weighted by atomic mass is 10.0. The minimum Gasteiger partial charge on any atom is -0.397 e. The van der Waals surface area contributed by atoms with Gasteiger partial charge >= 0.3 is 6.18 Å². The van der Waals surface area contributed by atoms with Crippen LogP contribution in [-0.2, 0) is 6.18 Å². The van der Waals surface area contributed by atoms with Crippen LogP contribution in [0.3, 0.4) is 0 Å². The number of nitrogens with two attached hydrogens (primary N) is 1. The van der Waals surface area contributed by atoms with Gasteiger partial charge in [-0.1, -0.05) is 24.3 Å². The van der Waals surface area contributed by atoms with Gasteiger partial charge in [-0.2, -0.15) is 13.2 Å². The first-order chi connectivity index (χ1) is 8.39. The number of benzene rings is 1. The molecule has 18 heavy (non-hydrogen) atoms. The van der Waals surface area contributed by atoms with Crippen LogP contribution < -0.4 is 5.73 Å². The molecule has 0 unspecified atom stereocenters. The third kappa shape index (κ3) is 2.30. The molecule has 0 saturated carbocycles. The Balaban J connectivity index is 2.61. The highest BCUT2D eigenvalue weighted by atomic mass is 19.4. The fourth-order valence-electron chi connectivity index (χ4n) is 1.68. The minimum absolute atomic E-state index is 0.169. The molecule has 5 heteroatoms. The topological polar surface area (TPSA) is 38.9 Å². The van der Waals surface area contributed by atoms with Gasteiger partial charge in [0.25, 0.3) is 0 Å². The van der Waals surface area contributed by atoms with E-state index in [0.717, 1.165) is 11.6 Å². The second-order valence-electron chi connectivity index (χ2n) is 3.95. The number of rotatable bonds is 1. The van der Waals surface area contributed by atoms with Gasteiger partial charge in [-0.3, -0.25) is 0 Å². The van der Waals surface area contributed by atoms with Crippen molar-refractivity contribution >= 4 is 5.69 Å². The van der Waals surface area contributed by atoms with Crippen molar-refractivity contribution in [1.82, 2.24) is 4.98 Å². The van der Waals surface area contributed by atoms with Gasteiger partial charge in [-0.25, -0.2) is 4.98 Å². The van der Waals surface area contributed by atoms with Crippen LogP contribution in [0, 0.1) is 6.92 Å². The predicted molar refractivity (Wildman–Crippen MR) is 63.8 cm³/mol. The van der Waals surface area contributed by atoms with Gasteiger partial charge in [0.2, 0.25) is 0 Å². The summed E-state index contributed by atoms with van der Waals surface area (Å²) in [7, 11) is 0. The lowest BCUT2D eigenvalue weighted by molar-refractivity contribution is -0.141. The van der Waals surface area contributed by atoms with Crippen LogP contribution in [0.25, 0.3) is 11.3 Å². The summed E-state index contributed by atoms with van der Waals surface area (Å²) in [5.74, 6) is 0. The Morgan fingerprint density at radius 1 is 1.06 bits per heavy atom. The van der Waals surface area contributed by atoms with Gasteiger partial charge in [-0.05, 0) is 24.6 Å². The zero-order valence-corrected chi connectivity index (χ0v) is 9.62. The largest absolute Gasteiger partial charge is 0.433 e. The van der Waals surface area contributed by atoms with Crippen LogP contribution in [0.15, 0.2) is 36.4 Å². The molecular formula is C13H11F3N2. The lowest BCUT2D eigenvalue weighted by Crippen LogP contribution is -2.09. The first-order valence-electron chi connectivity index (χ1n) is 5.29. The smallest absolute Gasteiger partial charge is 0.397 e. The molecule has 0 aliphatic rings. The van der Waals surface area contributed by atoms with Crippen LogP contribution in [0.1, 0.15) is 11.3 Å². The maximum atomic E-state index is 12.6. The van der Waals surface area contributed by atoms with E-state index < -0.39 is 11.9 Å². The normalized spacial score (nSPS) is 11.6. The maximum Gasteiger partial charge on any atom is 0.433 e. The van der Waals surface area contributed by atoms with Gasteiger partial charge in [-0.15, -0.1) is 0 Å². The number of halogens is 3. The Labute approximate surface area is 102 Å². The van der Waals surface area contributed by atoms with Gasteiger partial charge in [0, 0.05) is 5.56 Å². The molecule has 1 aromatic heterocycles. The second-order valence-corrected chi connectivity index (χ2v) is 3.95. The van der Waals surface area contributed by atoms with Gasteiger partial charge in [0.15, 0.2) is 0 Å². The summed E-state index contributed by atoms with van der Waals surface area (Å²) >= 11 is 0. The average Bonchev–Trinajstić information content (AvgIpc) is 2.29. The summed E-state index contributed by atoms with van der Waals surface area (Å²) in [6, 6.07) is 9.17. The molecule has 2 N–H and O–H groups in total. The van der Waals surface area contributed by atoms with Crippen LogP contribution in [0.5, 0.6) is 0 Å². The fourth-order valence-corrected chi connectivity index (χ4v) is 1.68. The number of nitrogens with zero attached hydrogens (tertiary/aromatic N) is 1. The van der Waals surface area contributed by atoms with Gasteiger partial charge < -0.3 is 5.73 Å². The third-order valence-corrected chi connectivity index (χ3v) is 2.62. The molecule has 94 valence electrons. The quantitative estimate of drug-likeness (QED) is 0.841. The Kier molecular flexibility index (Phi) is 2.98. The molecule has 0 amide bonds. The van der Waals surface area contributed by atoms with E-state index in [0.29, 0.717) is 5.56 Å². The zero-order valence-electron chi connectivity index (χ0n) is 9.62. The van der Waals surface area contributed by atoms with Crippen molar-refractivity contribution < 1.29 is 13.2 Å². The summed E-state index contributed by atoms with van der Waals surface area (Å²) in [5.41, 5.74) is 6.61. The predicted octanol–water partition coefficient (Wildman–Crippen LogP) is 3.66. The molecule has 0 fully saturated rings. The molecule has 0 radical (unpaired) electrons. The highest BCUT2D eigenvalue weighted by molar-refractivity contribution is 5.74. The highest BCUT2D eigenvalue weighted by Gasteiger charge is 2.33. The molecule has 0 bridgehead atoms. The van der Waals surface area contributed by atoms with E-state index in [1.807, 2.05) is 6.07 Å². The van der Waals surface area contributed by atoms with E-state index >= 15 is 0 Å². The van der Waals surface area contributed by atoms with Gasteiger partial charge in [0.05, 0.1) is 11.4 Å². The Bertz CT molecular complexity index is 577. The van der Waals surface area contributed by atoms with E-state index in [1.165, 1.54) is 6.07 Å². The van der Waals surface area contributed by atoms with E-state index in [4.69, 9.17) is 5.73 Å². The monoisotopic (exact) mass is 252 g/mol. The summed E-state index contributed by atoms with van der Waals surface area (Å²) < 4.78 is 37.8. The van der Waals surface area contributed by atoms with Crippen LogP contribution in [-0.4, -0.2) is 4.98 Å². The van der Waals surface area contributed by atoms with Crippen molar-refractivity contribution in [2.75, 3.05) is 5.73 Å². The second kappa shape index (κ2) is 4.33.